The van der Waals surface area contributed by atoms with Crippen LogP contribution in [0, 0.1) is 11.8 Å². The van der Waals surface area contributed by atoms with Crippen molar-refractivity contribution in [2.24, 2.45) is 11.8 Å². The van der Waals surface area contributed by atoms with E-state index in [-0.39, 0.29) is 0 Å². The predicted molar refractivity (Wildman–Crippen MR) is 65.0 cm³/mol. The Morgan fingerprint density at radius 1 is 1.20 bits per heavy atom. The second-order valence-corrected chi connectivity index (χ2v) is 5.53. The molecule has 0 aromatic carbocycles. The summed E-state index contributed by atoms with van der Waals surface area (Å²) in [6.45, 7) is 8.95. The van der Waals surface area contributed by atoms with Gasteiger partial charge in [-0.25, -0.2) is 0 Å². The Hall–Kier alpha value is -0.0800. The van der Waals surface area contributed by atoms with E-state index in [1.54, 1.807) is 0 Å². The van der Waals surface area contributed by atoms with Crippen molar-refractivity contribution in [1.82, 2.24) is 10.2 Å². The number of hydrogen-bond donors (Lipinski definition) is 1. The highest BCUT2D eigenvalue weighted by Crippen LogP contribution is 2.19. The minimum Gasteiger partial charge on any atom is -0.316 e. The Bertz CT molecular complexity index is 167. The summed E-state index contributed by atoms with van der Waals surface area (Å²) >= 11 is 0. The standard InChI is InChI=1S/C13H26N2/c1-12-4-8-15(9-5-12)10-6-13-3-2-7-14-11-13/h12-14H,2-11H2,1H3/t13-/m1/s1. The van der Waals surface area contributed by atoms with E-state index in [9.17, 15) is 0 Å². The molecule has 0 radical (unpaired) electrons. The van der Waals surface area contributed by atoms with Crippen LogP contribution < -0.4 is 5.32 Å². The first-order chi connectivity index (χ1) is 7.34. The normalized spacial score (nSPS) is 30.6. The molecule has 0 aromatic heterocycles. The van der Waals surface area contributed by atoms with Crippen molar-refractivity contribution in [1.29, 1.82) is 0 Å². The zero-order chi connectivity index (χ0) is 10.5. The van der Waals surface area contributed by atoms with Crippen LogP contribution in [0.15, 0.2) is 0 Å². The van der Waals surface area contributed by atoms with Gasteiger partial charge in [-0.15, -0.1) is 0 Å². The van der Waals surface area contributed by atoms with E-state index in [0.29, 0.717) is 0 Å². The summed E-state index contributed by atoms with van der Waals surface area (Å²) in [6.07, 6.45) is 7.10. The summed E-state index contributed by atoms with van der Waals surface area (Å²) in [7, 11) is 0. The molecule has 0 bridgehead atoms. The third-order valence-corrected chi connectivity index (χ3v) is 4.13. The second-order valence-electron chi connectivity index (χ2n) is 5.53. The van der Waals surface area contributed by atoms with Gasteiger partial charge in [-0.1, -0.05) is 6.92 Å². The first-order valence-corrected chi connectivity index (χ1v) is 6.77. The van der Waals surface area contributed by atoms with Crippen LogP contribution in [0.25, 0.3) is 0 Å². The van der Waals surface area contributed by atoms with Gasteiger partial charge in [-0.2, -0.15) is 0 Å². The minimum absolute atomic E-state index is 0.957. The van der Waals surface area contributed by atoms with Gasteiger partial charge in [0.25, 0.3) is 0 Å². The molecule has 0 aliphatic carbocycles. The van der Waals surface area contributed by atoms with Crippen molar-refractivity contribution < 1.29 is 0 Å². The number of nitrogens with zero attached hydrogens (tertiary/aromatic N) is 1. The van der Waals surface area contributed by atoms with E-state index in [4.69, 9.17) is 0 Å². The number of hydrogen-bond acceptors (Lipinski definition) is 2. The molecule has 0 amide bonds. The van der Waals surface area contributed by atoms with Crippen molar-refractivity contribution >= 4 is 0 Å². The average molecular weight is 210 g/mol. The third-order valence-electron chi connectivity index (χ3n) is 4.13. The first-order valence-electron chi connectivity index (χ1n) is 6.77. The van der Waals surface area contributed by atoms with Crippen molar-refractivity contribution in [3.63, 3.8) is 0 Å². The quantitative estimate of drug-likeness (QED) is 0.767. The van der Waals surface area contributed by atoms with E-state index in [1.807, 2.05) is 0 Å². The van der Waals surface area contributed by atoms with Gasteiger partial charge >= 0.3 is 0 Å². The monoisotopic (exact) mass is 210 g/mol. The van der Waals surface area contributed by atoms with Crippen molar-refractivity contribution in [2.75, 3.05) is 32.7 Å². The van der Waals surface area contributed by atoms with E-state index in [2.05, 4.69) is 17.1 Å². The van der Waals surface area contributed by atoms with Crippen LogP contribution in [0.1, 0.15) is 39.0 Å². The van der Waals surface area contributed by atoms with E-state index in [0.717, 1.165) is 11.8 Å². The predicted octanol–water partition coefficient (Wildman–Crippen LogP) is 2.11. The maximum absolute atomic E-state index is 3.51. The molecule has 2 rings (SSSR count). The van der Waals surface area contributed by atoms with Crippen LogP contribution in [0.2, 0.25) is 0 Å². The zero-order valence-corrected chi connectivity index (χ0v) is 10.2. The molecule has 2 aliphatic heterocycles. The van der Waals surface area contributed by atoms with Crippen LogP contribution in [0.5, 0.6) is 0 Å². The Balaban J connectivity index is 1.60. The molecule has 2 nitrogen and oxygen atoms in total. The Kier molecular flexibility index (Phi) is 4.45. The number of nitrogens with one attached hydrogen (secondary N) is 1. The van der Waals surface area contributed by atoms with E-state index < -0.39 is 0 Å². The molecule has 1 atom stereocenters. The smallest absolute Gasteiger partial charge is 0.00156 e. The van der Waals surface area contributed by atoms with Gasteiger partial charge in [0, 0.05) is 0 Å². The van der Waals surface area contributed by atoms with Gasteiger partial charge in [0.2, 0.25) is 0 Å². The van der Waals surface area contributed by atoms with E-state index in [1.165, 1.54) is 64.8 Å². The largest absolute Gasteiger partial charge is 0.316 e. The summed E-state index contributed by atoms with van der Waals surface area (Å²) in [4.78, 5) is 2.68. The lowest BCUT2D eigenvalue weighted by molar-refractivity contribution is 0.176. The number of likely N-dealkylation sites (tertiary alicyclic amines) is 1. The molecule has 88 valence electrons. The van der Waals surface area contributed by atoms with Crippen molar-refractivity contribution in [3.8, 4) is 0 Å². The van der Waals surface area contributed by atoms with E-state index >= 15 is 0 Å². The van der Waals surface area contributed by atoms with Crippen LogP contribution in [0.3, 0.4) is 0 Å². The highest BCUT2D eigenvalue weighted by Gasteiger charge is 2.18. The van der Waals surface area contributed by atoms with Gasteiger partial charge in [0.1, 0.15) is 0 Å². The molecule has 2 aliphatic rings. The lowest BCUT2D eigenvalue weighted by Gasteiger charge is -2.32. The van der Waals surface area contributed by atoms with Gasteiger partial charge in [0.05, 0.1) is 0 Å². The molecular formula is C13H26N2. The van der Waals surface area contributed by atoms with Gasteiger partial charge < -0.3 is 10.2 Å². The fourth-order valence-electron chi connectivity index (χ4n) is 2.82. The lowest BCUT2D eigenvalue weighted by Crippen LogP contribution is -2.36. The minimum atomic E-state index is 0.957. The third kappa shape index (κ3) is 3.76. The molecule has 15 heavy (non-hydrogen) atoms. The topological polar surface area (TPSA) is 15.3 Å². The molecule has 2 fully saturated rings. The van der Waals surface area contributed by atoms with Gasteiger partial charge in [-0.3, -0.25) is 0 Å². The van der Waals surface area contributed by atoms with Crippen LogP contribution in [-0.2, 0) is 0 Å². The summed E-state index contributed by atoms with van der Waals surface area (Å²) < 4.78 is 0. The molecule has 2 heterocycles. The molecule has 2 saturated heterocycles. The summed E-state index contributed by atoms with van der Waals surface area (Å²) in [5.41, 5.74) is 0. The number of rotatable bonds is 3. The fraction of sp³-hybridized carbons (Fsp3) is 1.00. The second kappa shape index (κ2) is 5.86. The molecular weight excluding hydrogens is 184 g/mol. The summed E-state index contributed by atoms with van der Waals surface area (Å²) in [5.74, 6) is 1.93. The molecule has 0 saturated carbocycles. The summed E-state index contributed by atoms with van der Waals surface area (Å²) in [5, 5.41) is 3.51. The van der Waals surface area contributed by atoms with Crippen molar-refractivity contribution in [2.45, 2.75) is 39.0 Å². The maximum atomic E-state index is 3.51. The zero-order valence-electron chi connectivity index (χ0n) is 10.2. The molecule has 0 unspecified atom stereocenters. The van der Waals surface area contributed by atoms with Gasteiger partial charge in [0.15, 0.2) is 0 Å². The SMILES string of the molecule is CC1CCN(CC[C@H]2CCCNC2)CC1. The van der Waals surface area contributed by atoms with Crippen LogP contribution >= 0.6 is 0 Å². The Labute approximate surface area is 94.4 Å². The highest BCUT2D eigenvalue weighted by atomic mass is 15.1. The first kappa shape index (κ1) is 11.4. The molecule has 0 aromatic rings. The fourth-order valence-corrected chi connectivity index (χ4v) is 2.82. The Morgan fingerprint density at radius 2 is 2.00 bits per heavy atom. The average Bonchev–Trinajstić information content (AvgIpc) is 2.30. The highest BCUT2D eigenvalue weighted by molar-refractivity contribution is 4.73. The van der Waals surface area contributed by atoms with Gasteiger partial charge in [-0.05, 0) is 76.7 Å². The summed E-state index contributed by atoms with van der Waals surface area (Å²) in [6, 6.07) is 0. The lowest BCUT2D eigenvalue weighted by atomic mass is 9.94. The van der Waals surface area contributed by atoms with Crippen LogP contribution in [-0.4, -0.2) is 37.6 Å². The molecule has 2 heteroatoms. The molecule has 1 N–H and O–H groups in total. The molecule has 0 spiro atoms. The van der Waals surface area contributed by atoms with Crippen molar-refractivity contribution in [3.05, 3.63) is 0 Å². The Morgan fingerprint density at radius 3 is 2.67 bits per heavy atom. The van der Waals surface area contributed by atoms with Crippen LogP contribution in [0.4, 0.5) is 0 Å². The number of piperidine rings is 2. The maximum Gasteiger partial charge on any atom is -0.00156 e.